The van der Waals surface area contributed by atoms with Gasteiger partial charge in [-0.2, -0.15) is 4.98 Å². The molecule has 4 aromatic rings. The molecule has 152 valence electrons. The summed E-state index contributed by atoms with van der Waals surface area (Å²) < 4.78 is 3.27. The zero-order valence-electron chi connectivity index (χ0n) is 16.4. The highest BCUT2D eigenvalue weighted by atomic mass is 35.5. The molecule has 1 aliphatic heterocycles. The van der Waals surface area contributed by atoms with Crippen molar-refractivity contribution < 1.29 is 0 Å². The molecule has 0 aliphatic carbocycles. The summed E-state index contributed by atoms with van der Waals surface area (Å²) in [5.41, 5.74) is 3.86. The van der Waals surface area contributed by atoms with Crippen LogP contribution in [0.3, 0.4) is 0 Å². The van der Waals surface area contributed by atoms with Gasteiger partial charge in [0, 0.05) is 25.0 Å². The molecule has 0 bridgehead atoms. The summed E-state index contributed by atoms with van der Waals surface area (Å²) in [5.74, 6) is 0.947. The van der Waals surface area contributed by atoms with Crippen LogP contribution >= 0.6 is 11.6 Å². The summed E-state index contributed by atoms with van der Waals surface area (Å²) in [6.45, 7) is 4.23. The number of rotatable bonds is 4. The number of nitrogens with zero attached hydrogens (tertiary/aromatic N) is 5. The van der Waals surface area contributed by atoms with Gasteiger partial charge in [0.05, 0.1) is 0 Å². The number of benzene rings is 1. The van der Waals surface area contributed by atoms with E-state index in [1.807, 2.05) is 13.0 Å². The third kappa shape index (κ3) is 3.24. The van der Waals surface area contributed by atoms with Crippen molar-refractivity contribution in [3.8, 4) is 5.82 Å². The number of nitrogens with one attached hydrogen (secondary N) is 2. The summed E-state index contributed by atoms with van der Waals surface area (Å²) >= 11 is 6.08. The summed E-state index contributed by atoms with van der Waals surface area (Å²) in [6.07, 6.45) is 2.55. The minimum Gasteiger partial charge on any atom is -0.324 e. The van der Waals surface area contributed by atoms with Crippen LogP contribution in [0.4, 0.5) is 11.6 Å². The van der Waals surface area contributed by atoms with Crippen LogP contribution in [0, 0.1) is 0 Å². The fourth-order valence-electron chi connectivity index (χ4n) is 3.81. The van der Waals surface area contributed by atoms with Crippen molar-refractivity contribution in [1.29, 1.82) is 0 Å². The Hall–Kier alpha value is -3.23. The first-order chi connectivity index (χ1) is 14.6. The van der Waals surface area contributed by atoms with Crippen molar-refractivity contribution in [2.24, 2.45) is 0 Å². The fraction of sp³-hybridized carbons (Fsp3) is 0.238. The van der Waals surface area contributed by atoms with Gasteiger partial charge >= 0.3 is 0 Å². The topological polar surface area (TPSA) is 89.7 Å². The molecule has 3 aromatic heterocycles. The largest absolute Gasteiger partial charge is 0.324 e. The lowest BCUT2D eigenvalue weighted by Crippen LogP contribution is -2.23. The minimum absolute atomic E-state index is 0.165. The van der Waals surface area contributed by atoms with E-state index in [1.54, 1.807) is 33.8 Å². The molecule has 4 heterocycles. The molecule has 5 rings (SSSR count). The summed E-state index contributed by atoms with van der Waals surface area (Å²) in [6, 6.07) is 11.5. The lowest BCUT2D eigenvalue weighted by molar-refractivity contribution is 0.568. The van der Waals surface area contributed by atoms with Crippen molar-refractivity contribution in [2.75, 3.05) is 11.9 Å². The third-order valence-corrected chi connectivity index (χ3v) is 5.45. The van der Waals surface area contributed by atoms with E-state index in [1.165, 1.54) is 11.1 Å². The smallest absolute Gasteiger partial charge is 0.278 e. The maximum atomic E-state index is 12.8. The lowest BCUT2D eigenvalue weighted by Gasteiger charge is -2.18. The van der Waals surface area contributed by atoms with E-state index in [4.69, 9.17) is 11.6 Å². The summed E-state index contributed by atoms with van der Waals surface area (Å²) in [4.78, 5) is 26.2. The number of aromatic nitrogens is 5. The maximum Gasteiger partial charge on any atom is 0.278 e. The van der Waals surface area contributed by atoms with Gasteiger partial charge in [-0.15, -0.1) is 0 Å². The highest BCUT2D eigenvalue weighted by Crippen LogP contribution is 2.22. The van der Waals surface area contributed by atoms with Gasteiger partial charge in [0.2, 0.25) is 5.95 Å². The third-order valence-electron chi connectivity index (χ3n) is 5.24. The zero-order chi connectivity index (χ0) is 20.7. The highest BCUT2D eigenvalue weighted by molar-refractivity contribution is 6.29. The van der Waals surface area contributed by atoms with Crippen LogP contribution in [0.2, 0.25) is 5.15 Å². The van der Waals surface area contributed by atoms with Crippen LogP contribution in [0.25, 0.3) is 16.9 Å². The molecule has 0 radical (unpaired) electrons. The Morgan fingerprint density at radius 2 is 2.10 bits per heavy atom. The molecule has 0 amide bonds. The summed E-state index contributed by atoms with van der Waals surface area (Å²) in [5, 5.41) is 7.42. The Morgan fingerprint density at radius 3 is 2.93 bits per heavy atom. The molecule has 2 N–H and O–H groups in total. The van der Waals surface area contributed by atoms with Crippen molar-refractivity contribution in [2.45, 2.75) is 26.4 Å². The van der Waals surface area contributed by atoms with E-state index in [0.29, 0.717) is 34.5 Å². The molecule has 0 spiro atoms. The highest BCUT2D eigenvalue weighted by Gasteiger charge is 2.18. The van der Waals surface area contributed by atoms with Crippen molar-refractivity contribution in [1.82, 2.24) is 29.6 Å². The van der Waals surface area contributed by atoms with Crippen LogP contribution in [-0.4, -0.2) is 30.9 Å². The SMILES string of the molecule is CCn1c(=O)c2cnc(Nc3ccc4c(c3)CCNC4)nc2n1-c1cccc(Cl)n1. The standard InChI is InChI=1S/C21H20ClN7O/c1-2-28-20(30)16-12-24-21(25-15-7-6-14-11-23-9-8-13(14)10-15)27-19(16)29(28)18-5-3-4-17(22)26-18/h3-7,10,12,23H,2,8-9,11H2,1H3,(H,24,25,27). The van der Waals surface area contributed by atoms with Crippen LogP contribution in [0.1, 0.15) is 18.1 Å². The van der Waals surface area contributed by atoms with Gasteiger partial charge in [0.1, 0.15) is 10.5 Å². The van der Waals surface area contributed by atoms with Gasteiger partial charge in [0.15, 0.2) is 11.5 Å². The van der Waals surface area contributed by atoms with Gasteiger partial charge in [-0.05, 0) is 55.3 Å². The van der Waals surface area contributed by atoms with Crippen LogP contribution in [-0.2, 0) is 19.5 Å². The lowest BCUT2D eigenvalue weighted by atomic mass is 10.0. The average molecular weight is 422 g/mol. The predicted octanol–water partition coefficient (Wildman–Crippen LogP) is 3.04. The number of hydrogen-bond acceptors (Lipinski definition) is 6. The zero-order valence-corrected chi connectivity index (χ0v) is 17.1. The second-order valence-electron chi connectivity index (χ2n) is 7.12. The van der Waals surface area contributed by atoms with Gasteiger partial charge in [-0.3, -0.25) is 4.79 Å². The molecule has 0 atom stereocenters. The van der Waals surface area contributed by atoms with Crippen LogP contribution in [0.5, 0.6) is 0 Å². The average Bonchev–Trinajstić information content (AvgIpc) is 3.04. The van der Waals surface area contributed by atoms with Gasteiger partial charge in [-0.25, -0.2) is 19.3 Å². The van der Waals surface area contributed by atoms with E-state index in [0.717, 1.165) is 25.2 Å². The minimum atomic E-state index is -0.165. The molecule has 0 saturated carbocycles. The Bertz CT molecular complexity index is 1310. The Morgan fingerprint density at radius 1 is 1.20 bits per heavy atom. The molecule has 1 aromatic carbocycles. The number of halogens is 1. The number of hydrogen-bond donors (Lipinski definition) is 2. The van der Waals surface area contributed by atoms with Crippen LogP contribution in [0.15, 0.2) is 47.4 Å². The van der Waals surface area contributed by atoms with Gasteiger partial charge in [0.25, 0.3) is 5.56 Å². The number of anilines is 2. The predicted molar refractivity (Wildman–Crippen MR) is 117 cm³/mol. The molecular formula is C21H20ClN7O. The molecule has 0 unspecified atom stereocenters. The van der Waals surface area contributed by atoms with E-state index >= 15 is 0 Å². The molecule has 1 aliphatic rings. The number of pyridine rings is 1. The van der Waals surface area contributed by atoms with E-state index in [2.05, 4.69) is 37.7 Å². The fourth-order valence-corrected chi connectivity index (χ4v) is 3.97. The molecule has 0 fully saturated rings. The second-order valence-corrected chi connectivity index (χ2v) is 7.50. The first kappa shape index (κ1) is 18.8. The van der Waals surface area contributed by atoms with Gasteiger partial charge in [-0.1, -0.05) is 23.7 Å². The first-order valence-corrected chi connectivity index (χ1v) is 10.2. The Labute approximate surface area is 177 Å². The Kier molecular flexibility index (Phi) is 4.72. The normalized spacial score (nSPS) is 13.4. The second kappa shape index (κ2) is 7.55. The van der Waals surface area contributed by atoms with Crippen molar-refractivity contribution in [3.63, 3.8) is 0 Å². The summed E-state index contributed by atoms with van der Waals surface area (Å²) in [7, 11) is 0. The van der Waals surface area contributed by atoms with Crippen molar-refractivity contribution in [3.05, 3.63) is 69.2 Å². The van der Waals surface area contributed by atoms with Crippen molar-refractivity contribution >= 4 is 34.3 Å². The van der Waals surface area contributed by atoms with E-state index < -0.39 is 0 Å². The monoisotopic (exact) mass is 421 g/mol. The molecule has 8 nitrogen and oxygen atoms in total. The van der Waals surface area contributed by atoms with Crippen LogP contribution < -0.4 is 16.2 Å². The number of fused-ring (bicyclic) bond motifs is 2. The maximum absolute atomic E-state index is 12.8. The molecule has 9 heteroatoms. The molecular weight excluding hydrogens is 402 g/mol. The quantitative estimate of drug-likeness (QED) is 0.492. The van der Waals surface area contributed by atoms with E-state index in [-0.39, 0.29) is 5.56 Å². The van der Waals surface area contributed by atoms with Gasteiger partial charge < -0.3 is 10.6 Å². The first-order valence-electron chi connectivity index (χ1n) is 9.85. The van der Waals surface area contributed by atoms with E-state index in [9.17, 15) is 4.79 Å². The molecule has 30 heavy (non-hydrogen) atoms. The Balaban J connectivity index is 1.60. The molecule has 0 saturated heterocycles.